The summed E-state index contributed by atoms with van der Waals surface area (Å²) in [4.78, 5) is 12.2. The van der Waals surface area contributed by atoms with Gasteiger partial charge in [0.25, 0.3) is 0 Å². The van der Waals surface area contributed by atoms with Gasteiger partial charge < -0.3 is 14.9 Å². The fourth-order valence-electron chi connectivity index (χ4n) is 3.78. The van der Waals surface area contributed by atoms with Crippen LogP contribution in [0.15, 0.2) is 48.5 Å². The van der Waals surface area contributed by atoms with E-state index in [1.54, 1.807) is 6.08 Å². The Morgan fingerprint density at radius 1 is 0.824 bits per heavy atom. The van der Waals surface area contributed by atoms with Crippen LogP contribution < -0.4 is 0 Å². The molecule has 1 aliphatic carbocycles. The highest BCUT2D eigenvalue weighted by Crippen LogP contribution is 2.34. The molecule has 0 saturated carbocycles. The molecular formula is C25H17F5O4. The lowest BCUT2D eigenvalue weighted by Crippen LogP contribution is -2.21. The summed E-state index contributed by atoms with van der Waals surface area (Å²) in [5.41, 5.74) is 0.0762. The fraction of sp³-hybridized carbons (Fsp3) is 0.160. The zero-order valence-corrected chi connectivity index (χ0v) is 17.4. The maximum absolute atomic E-state index is 14.8. The van der Waals surface area contributed by atoms with Gasteiger partial charge in [-0.1, -0.05) is 18.2 Å². The molecular weight excluding hydrogens is 459 g/mol. The molecule has 0 aromatic heterocycles. The van der Waals surface area contributed by atoms with E-state index in [0.717, 1.165) is 30.3 Å². The van der Waals surface area contributed by atoms with Gasteiger partial charge in [-0.3, -0.25) is 0 Å². The number of phenolic OH excluding ortho intramolecular Hbond substituents is 2. The highest BCUT2D eigenvalue weighted by molar-refractivity contribution is 5.90. The quantitative estimate of drug-likeness (QED) is 0.345. The normalized spacial score (nSPS) is 15.7. The van der Waals surface area contributed by atoms with Crippen molar-refractivity contribution in [1.82, 2.24) is 0 Å². The molecule has 0 bridgehead atoms. The van der Waals surface area contributed by atoms with E-state index in [0.29, 0.717) is 18.4 Å². The van der Waals surface area contributed by atoms with Crippen molar-refractivity contribution in [2.24, 2.45) is 0 Å². The molecule has 34 heavy (non-hydrogen) atoms. The van der Waals surface area contributed by atoms with Gasteiger partial charge in [-0.2, -0.15) is 8.78 Å². The Bertz CT molecular complexity index is 1320. The molecule has 0 saturated heterocycles. The molecule has 0 heterocycles. The molecule has 0 spiro atoms. The Balaban J connectivity index is 1.48. The summed E-state index contributed by atoms with van der Waals surface area (Å²) < 4.78 is 75.1. The van der Waals surface area contributed by atoms with Gasteiger partial charge in [0.15, 0.2) is 23.1 Å². The maximum atomic E-state index is 14.8. The van der Waals surface area contributed by atoms with Crippen molar-refractivity contribution in [3.8, 4) is 22.6 Å². The van der Waals surface area contributed by atoms with Crippen LogP contribution in [0.4, 0.5) is 22.0 Å². The summed E-state index contributed by atoms with van der Waals surface area (Å²) in [5, 5.41) is 18.4. The van der Waals surface area contributed by atoms with Gasteiger partial charge in [0.05, 0.1) is 5.56 Å². The van der Waals surface area contributed by atoms with Crippen molar-refractivity contribution < 1.29 is 41.7 Å². The first-order chi connectivity index (χ1) is 16.2. The van der Waals surface area contributed by atoms with Crippen LogP contribution in [-0.4, -0.2) is 22.3 Å². The average molecular weight is 476 g/mol. The third-order valence-corrected chi connectivity index (χ3v) is 5.61. The number of allylic oxidation sites excluding steroid dienone is 1. The molecule has 176 valence electrons. The second-order valence-electron chi connectivity index (χ2n) is 7.75. The highest BCUT2D eigenvalue weighted by Gasteiger charge is 2.25. The van der Waals surface area contributed by atoms with E-state index in [4.69, 9.17) is 9.84 Å². The minimum Gasteiger partial charge on any atom is -0.505 e. The van der Waals surface area contributed by atoms with E-state index in [-0.39, 0.29) is 23.1 Å². The Labute approximate surface area is 190 Å². The maximum Gasteiger partial charge on any atom is 0.341 e. The molecule has 3 aromatic carbocycles. The summed E-state index contributed by atoms with van der Waals surface area (Å²) >= 11 is 0. The van der Waals surface area contributed by atoms with Crippen LogP contribution in [0.25, 0.3) is 16.7 Å². The number of carbonyl (C=O) groups is 1. The van der Waals surface area contributed by atoms with Crippen LogP contribution in [0.1, 0.15) is 35.2 Å². The SMILES string of the molecule is O=C(OC1CC=C(c2ccc(-c3ccc(O)c(F)c3F)cc2F)CC1)c1ccc(O)c(F)c1F. The first kappa shape index (κ1) is 23.3. The Morgan fingerprint density at radius 2 is 1.47 bits per heavy atom. The second-order valence-corrected chi connectivity index (χ2v) is 7.75. The van der Waals surface area contributed by atoms with E-state index in [1.807, 2.05) is 0 Å². The van der Waals surface area contributed by atoms with Crippen LogP contribution in [-0.2, 0) is 4.74 Å². The van der Waals surface area contributed by atoms with Gasteiger partial charge >= 0.3 is 5.97 Å². The monoisotopic (exact) mass is 476 g/mol. The van der Waals surface area contributed by atoms with Gasteiger partial charge in [-0.25, -0.2) is 18.0 Å². The van der Waals surface area contributed by atoms with Crippen LogP contribution in [0.5, 0.6) is 11.5 Å². The van der Waals surface area contributed by atoms with Crippen molar-refractivity contribution in [2.75, 3.05) is 0 Å². The predicted octanol–water partition coefficient (Wildman–Crippen LogP) is 6.25. The number of hydrogen-bond acceptors (Lipinski definition) is 4. The van der Waals surface area contributed by atoms with E-state index in [9.17, 15) is 31.9 Å². The number of benzene rings is 3. The summed E-state index contributed by atoms with van der Waals surface area (Å²) in [6.07, 6.45) is 1.79. The van der Waals surface area contributed by atoms with Gasteiger partial charge in [-0.05, 0) is 54.3 Å². The lowest BCUT2D eigenvalue weighted by molar-refractivity contribution is 0.0278. The molecule has 9 heteroatoms. The lowest BCUT2D eigenvalue weighted by atomic mass is 9.90. The molecule has 3 aromatic rings. The molecule has 1 unspecified atom stereocenters. The summed E-state index contributed by atoms with van der Waals surface area (Å²) in [6, 6.07) is 7.77. The highest BCUT2D eigenvalue weighted by atomic mass is 19.2. The molecule has 0 aliphatic heterocycles. The molecule has 0 amide bonds. The second kappa shape index (κ2) is 9.17. The zero-order valence-electron chi connectivity index (χ0n) is 17.4. The van der Waals surface area contributed by atoms with Crippen LogP contribution in [0.2, 0.25) is 0 Å². The molecule has 4 rings (SSSR count). The summed E-state index contributed by atoms with van der Waals surface area (Å²) in [6.45, 7) is 0. The minimum absolute atomic E-state index is 0.0871. The van der Waals surface area contributed by atoms with Gasteiger partial charge in [-0.15, -0.1) is 0 Å². The Kier molecular flexibility index (Phi) is 6.28. The third kappa shape index (κ3) is 4.33. The molecule has 1 atom stereocenters. The topological polar surface area (TPSA) is 66.8 Å². The van der Waals surface area contributed by atoms with Gasteiger partial charge in [0.1, 0.15) is 11.9 Å². The summed E-state index contributed by atoms with van der Waals surface area (Å²) in [7, 11) is 0. The Morgan fingerprint density at radius 3 is 2.12 bits per heavy atom. The summed E-state index contributed by atoms with van der Waals surface area (Å²) in [5.74, 6) is -9.31. The van der Waals surface area contributed by atoms with Gasteiger partial charge in [0, 0.05) is 17.5 Å². The standard InChI is InChI=1S/C25H17F5O4/c26-18-11-13(16-7-9-19(31)23(29)21(16)27)3-6-15(18)12-1-4-14(5-2-12)34-25(33)17-8-10-20(32)24(30)22(17)28/h1,3,6-11,14,31-32H,2,4-5H2. The zero-order chi connectivity index (χ0) is 24.6. The number of hydrogen-bond donors (Lipinski definition) is 2. The van der Waals surface area contributed by atoms with Gasteiger partial charge in [0.2, 0.25) is 11.6 Å². The smallest absolute Gasteiger partial charge is 0.341 e. The number of esters is 1. The molecule has 1 aliphatic rings. The van der Waals surface area contributed by atoms with Crippen molar-refractivity contribution in [3.05, 3.63) is 88.8 Å². The predicted molar refractivity (Wildman–Crippen MR) is 112 cm³/mol. The number of halogens is 5. The largest absolute Gasteiger partial charge is 0.505 e. The number of carbonyl (C=O) groups excluding carboxylic acids is 1. The number of phenols is 2. The molecule has 4 nitrogen and oxygen atoms in total. The average Bonchev–Trinajstić information content (AvgIpc) is 2.82. The van der Waals surface area contributed by atoms with Crippen LogP contribution in [0, 0.1) is 29.1 Å². The Hall–Kier alpha value is -3.88. The first-order valence-electron chi connectivity index (χ1n) is 10.2. The van der Waals surface area contributed by atoms with Crippen molar-refractivity contribution >= 4 is 11.5 Å². The molecule has 0 fully saturated rings. The van der Waals surface area contributed by atoms with Crippen molar-refractivity contribution in [1.29, 1.82) is 0 Å². The van der Waals surface area contributed by atoms with E-state index in [1.165, 1.54) is 12.1 Å². The fourth-order valence-corrected chi connectivity index (χ4v) is 3.78. The van der Waals surface area contributed by atoms with E-state index < -0.39 is 58.2 Å². The number of rotatable bonds is 4. The van der Waals surface area contributed by atoms with E-state index in [2.05, 4.69) is 0 Å². The third-order valence-electron chi connectivity index (χ3n) is 5.61. The number of aromatic hydroxyl groups is 2. The van der Waals surface area contributed by atoms with Crippen molar-refractivity contribution in [3.63, 3.8) is 0 Å². The number of ether oxygens (including phenoxy) is 1. The van der Waals surface area contributed by atoms with Crippen LogP contribution >= 0.6 is 0 Å². The first-order valence-corrected chi connectivity index (χ1v) is 10.2. The van der Waals surface area contributed by atoms with Crippen molar-refractivity contribution in [2.45, 2.75) is 25.4 Å². The lowest BCUT2D eigenvalue weighted by Gasteiger charge is -2.23. The minimum atomic E-state index is -1.55. The molecule has 0 radical (unpaired) electrons. The molecule has 2 N–H and O–H groups in total. The van der Waals surface area contributed by atoms with E-state index >= 15 is 0 Å². The van der Waals surface area contributed by atoms with Crippen LogP contribution in [0.3, 0.4) is 0 Å².